The van der Waals surface area contributed by atoms with Crippen molar-refractivity contribution < 1.29 is 72.1 Å². The van der Waals surface area contributed by atoms with Crippen LogP contribution in [0.3, 0.4) is 0 Å². The molecule has 46 nitrogen and oxygen atoms in total. The monoisotopic (exact) mass is 2320 g/mol. The Hall–Kier alpha value is -14.5. The van der Waals surface area contributed by atoms with Crippen LogP contribution in [0.1, 0.15) is 140 Å². The number of halogens is 4. The van der Waals surface area contributed by atoms with E-state index in [1.807, 2.05) is 145 Å². The van der Waals surface area contributed by atoms with E-state index in [0.717, 1.165) is 108 Å². The van der Waals surface area contributed by atoms with Gasteiger partial charge in [0.05, 0.1) is 191 Å². The van der Waals surface area contributed by atoms with Crippen molar-refractivity contribution in [1.82, 2.24) is 99.2 Å². The summed E-state index contributed by atoms with van der Waals surface area (Å²) in [7, 11) is 18.2. The molecule has 8 aromatic carbocycles. The van der Waals surface area contributed by atoms with Crippen LogP contribution < -0.4 is 66.0 Å². The number of aryl methyl sites for hydroxylation is 5. The van der Waals surface area contributed by atoms with Crippen molar-refractivity contribution in [2.45, 2.75) is 174 Å². The average Bonchev–Trinajstić information content (AvgIpc) is 1.60. The van der Waals surface area contributed by atoms with Crippen molar-refractivity contribution in [3.63, 3.8) is 0 Å². The second-order valence-corrected chi connectivity index (χ2v) is 42.4. The number of nitrogens with zero attached hydrogens (tertiary/aromatic N) is 22. The van der Waals surface area contributed by atoms with Gasteiger partial charge in [-0.05, 0) is 227 Å². The Labute approximate surface area is 896 Å². The largest absolute Gasteiger partial charge is 0.507 e. The summed E-state index contributed by atoms with van der Waals surface area (Å²) in [6.45, 7) is 29.0. The fourth-order valence-corrected chi connectivity index (χ4v) is 19.8. The number of nitro groups is 4. The van der Waals surface area contributed by atoms with Gasteiger partial charge >= 0.3 is 7.12 Å². The van der Waals surface area contributed by atoms with Crippen molar-refractivity contribution >= 4 is 188 Å². The van der Waals surface area contributed by atoms with E-state index in [1.165, 1.54) is 83.9 Å². The van der Waals surface area contributed by atoms with Crippen LogP contribution >= 0.6 is 63.7 Å². The van der Waals surface area contributed by atoms with E-state index >= 15 is 0 Å². The number of imidazole rings is 4. The molecule has 8 aromatic heterocycles. The highest BCUT2D eigenvalue weighted by atomic mass is 79.9. The van der Waals surface area contributed by atoms with Gasteiger partial charge in [0.15, 0.2) is 0 Å². The lowest BCUT2D eigenvalue weighted by atomic mass is 9.78. The number of nitrogen functional groups attached to an aromatic ring is 2. The van der Waals surface area contributed by atoms with Crippen LogP contribution in [0.2, 0.25) is 0 Å². The molecule has 1 amide bonds. The summed E-state index contributed by atoms with van der Waals surface area (Å²) in [5.74, 6) is 4.07. The standard InChI is InChI=1S/C22H28N8O.C21H26N8O.C15H21BN2O3.C9H9BrN2O4.C9H9BrN2O.C9H10BrNO3.C7H7BrN2O3.C7H8N2O3/c1-21(2)10-13(11-22(3,4)27-21)30-20-17(25-28-30)8-15(24-26-20)14-7-16-18(9-19(14)31-6)29(5)12-23-16;1-20(2)9-12(10-21(3,4)26-20)29-19-16(24-27-29)7-14(23-25-19)13-6-15-17(8-18(13)30)28(5)11-22-15;1-14(2)15(3,4)21-16(20-14)10-7-11-12(8-13(10)19-6)18(5)9-17-11;1-5(13)11-7-4-9(16-2)6(10)3-8(7)12(14)15;1-12-5-11-7-3-6(10)9(13-2)4-8(7)12;1-3-6-4-9(14-2)7(10)5-8(6)11(12)13;1-13-7-3-5(9)6(10(11)12)2-4(7)8;1-12-5-2-3-7(9(10)11)6(8)4-5/h7-9,12-13,27H,10-11H2,1-6H3;6-8,11-12,26,30H,9-10H2,1-5H3;7-9H,1-6H3;3-4H,1-2H3,(H,11,13);3-5H,1-2H3;4-5H,3H2,1-2H3;2-3H,9H2,1H3;2-4H,8H2,1H3. The van der Waals surface area contributed by atoms with Gasteiger partial charge in [0, 0.05) is 146 Å². The Morgan fingerprint density at radius 1 is 0.440 bits per heavy atom. The van der Waals surface area contributed by atoms with E-state index in [2.05, 4.69) is 196 Å². The highest BCUT2D eigenvalue weighted by Gasteiger charge is 2.53. The molecule has 51 heteroatoms. The number of phenolic OH excluding ortho intramolecular Hbond substituents is 1. The lowest BCUT2D eigenvalue weighted by Gasteiger charge is -2.46. The SMILES string of the molecule is CCc1cc(OC)c(Br)cc1[N+](=O)[O-].COc1cc(N)c([N+](=O)[O-])cc1Br.COc1cc(NC(C)=O)c([N+](=O)[O-])cc1Br.COc1cc2c(cc1-c1cc3nnn(C4CC(C)(C)NC(C)(C)C4)c3nn1)ncn2C.COc1cc2c(cc1B1OC(C)(C)C(C)(C)O1)ncn2C.COc1cc2c(cc1Br)ncn2C.COc1ccc([N+](=O)[O-])c(N)c1.Cn1cnc2cc(-c3cc4nnn(C5CC(C)(C)NC(C)(C)C5)c4nn3)c(O)cc21. The van der Waals surface area contributed by atoms with Gasteiger partial charge in [0.25, 0.3) is 22.7 Å². The topological polar surface area (TPSA) is 565 Å². The zero-order valence-electron chi connectivity index (χ0n) is 87.3. The summed E-state index contributed by atoms with van der Waals surface area (Å²) in [6, 6.07) is 32.2. The molecular weight excluding hydrogens is 2200 g/mol. The molecule has 16 aromatic rings. The van der Waals surface area contributed by atoms with Gasteiger partial charge in [-0.15, -0.1) is 30.6 Å². The highest BCUT2D eigenvalue weighted by molar-refractivity contribution is 9.11. The number of methoxy groups -OCH3 is 7. The molecule has 0 radical (unpaired) electrons. The van der Waals surface area contributed by atoms with Gasteiger partial charge < -0.3 is 93.3 Å². The number of carbonyl (C=O) groups excluding carboxylic acids is 1. The molecule has 0 unspecified atom stereocenters. The third-order valence-corrected chi connectivity index (χ3v) is 27.6. The van der Waals surface area contributed by atoms with Crippen LogP contribution in [-0.2, 0) is 48.7 Å². The molecule has 8 N–H and O–H groups in total. The summed E-state index contributed by atoms with van der Waals surface area (Å²) in [5.41, 5.74) is 24.5. The van der Waals surface area contributed by atoms with Crippen LogP contribution in [0, 0.1) is 40.5 Å². The first-order valence-electron chi connectivity index (χ1n) is 46.6. The van der Waals surface area contributed by atoms with Crippen molar-refractivity contribution in [2.24, 2.45) is 28.2 Å². The molecule has 0 aliphatic carbocycles. The Kier molecular flexibility index (Phi) is 35.6. The van der Waals surface area contributed by atoms with E-state index in [-0.39, 0.29) is 102 Å². The molecule has 150 heavy (non-hydrogen) atoms. The first-order valence-corrected chi connectivity index (χ1v) is 49.7. The maximum atomic E-state index is 10.9. The fourth-order valence-electron chi connectivity index (χ4n) is 17.9. The smallest absolute Gasteiger partial charge is 0.498 e. The highest BCUT2D eigenvalue weighted by Crippen LogP contribution is 2.45. The molecule has 0 saturated carbocycles. The number of fused-ring (bicyclic) bond motifs is 6. The average molecular weight is 2320 g/mol. The number of phenols is 1. The summed E-state index contributed by atoms with van der Waals surface area (Å²) >= 11 is 12.9. The number of rotatable bonds is 18. The van der Waals surface area contributed by atoms with Gasteiger partial charge in [-0.3, -0.25) is 45.3 Å². The molecule has 3 aliphatic heterocycles. The van der Waals surface area contributed by atoms with E-state index in [1.54, 1.807) is 58.8 Å². The third kappa shape index (κ3) is 26.5. The molecule has 794 valence electrons. The van der Waals surface area contributed by atoms with Crippen LogP contribution in [0.15, 0.2) is 158 Å². The van der Waals surface area contributed by atoms with Gasteiger partial charge in [0.2, 0.25) is 17.2 Å². The van der Waals surface area contributed by atoms with Gasteiger partial charge in [-0.2, -0.15) is 0 Å². The molecule has 19 rings (SSSR count). The minimum atomic E-state index is -0.574. The number of nitrogens with two attached hydrogens (primary N) is 2. The summed E-state index contributed by atoms with van der Waals surface area (Å²) in [5, 5.41) is 98.1. The number of ether oxygens (including phenoxy) is 7. The zero-order chi connectivity index (χ0) is 110. The summed E-state index contributed by atoms with van der Waals surface area (Å²) in [6.07, 6.45) is 11.4. The number of nitrogens with one attached hydrogen (secondary N) is 3. The van der Waals surface area contributed by atoms with Gasteiger partial charge in [0.1, 0.15) is 74.1 Å². The number of piperidine rings is 2. The van der Waals surface area contributed by atoms with Crippen molar-refractivity contribution in [1.29, 1.82) is 0 Å². The molecule has 0 bridgehead atoms. The number of aromatic hydroxyl groups is 1. The Bertz CT molecular complexity index is 7690. The maximum absolute atomic E-state index is 10.9. The number of amides is 1. The third-order valence-electron chi connectivity index (χ3n) is 25.1. The van der Waals surface area contributed by atoms with Crippen LogP contribution in [0.25, 0.3) is 89.0 Å². The number of hydrogen-bond acceptors (Lipinski definition) is 35. The van der Waals surface area contributed by atoms with Gasteiger partial charge in [-0.1, -0.05) is 17.4 Å². The fraction of sp³-hybridized carbons (Fsp3) is 0.384. The predicted octanol–water partition coefficient (Wildman–Crippen LogP) is 18.8. The lowest BCUT2D eigenvalue weighted by molar-refractivity contribution is -0.385. The molecule has 0 spiro atoms. The van der Waals surface area contributed by atoms with Crippen molar-refractivity contribution in [3.8, 4) is 68.5 Å². The maximum Gasteiger partial charge on any atom is 0.498 e. The first-order chi connectivity index (χ1) is 70.5. The Morgan fingerprint density at radius 3 is 1.23 bits per heavy atom. The molecule has 11 heterocycles. The van der Waals surface area contributed by atoms with Crippen LogP contribution in [-0.4, -0.2) is 210 Å². The minimum absolute atomic E-state index is 0.00349. The van der Waals surface area contributed by atoms with E-state index in [4.69, 9.17) is 53.9 Å². The van der Waals surface area contributed by atoms with Crippen LogP contribution in [0.5, 0.6) is 46.0 Å². The molecule has 3 aliphatic rings. The number of hydrogen-bond donors (Lipinski definition) is 6. The molecular formula is C99H118BBr4N27O19. The Balaban J connectivity index is 0.000000156. The number of carbonyl (C=O) groups is 1. The predicted molar refractivity (Wildman–Crippen MR) is 585 cm³/mol. The molecule has 3 fully saturated rings. The minimum Gasteiger partial charge on any atom is -0.507 e. The quantitative estimate of drug-likeness (QED) is 0.0201. The number of anilines is 3. The number of nitro benzene ring substituents is 4. The summed E-state index contributed by atoms with van der Waals surface area (Å²) < 4.78 is 62.4. The summed E-state index contributed by atoms with van der Waals surface area (Å²) in [4.78, 5) is 68.5. The number of aromatic nitrogens is 18. The normalized spacial score (nSPS) is 15.0. The van der Waals surface area contributed by atoms with Gasteiger partial charge in [-0.25, -0.2) is 29.3 Å². The first kappa shape index (κ1) is 114. The second kappa shape index (κ2) is 46.7. The van der Waals surface area contributed by atoms with E-state index in [0.29, 0.717) is 82.2 Å². The molecule has 0 atom stereocenters. The van der Waals surface area contributed by atoms with E-state index < -0.39 is 21.9 Å². The van der Waals surface area contributed by atoms with Crippen molar-refractivity contribution in [3.05, 3.63) is 204 Å². The zero-order valence-corrected chi connectivity index (χ0v) is 93.7. The van der Waals surface area contributed by atoms with Crippen LogP contribution in [0.4, 0.5) is 39.8 Å². The Morgan fingerprint density at radius 2 is 0.807 bits per heavy atom. The second-order valence-electron chi connectivity index (χ2n) is 39.0. The van der Waals surface area contributed by atoms with E-state index in [9.17, 15) is 50.4 Å². The lowest BCUT2D eigenvalue weighted by Crippen LogP contribution is -2.58. The van der Waals surface area contributed by atoms with Crippen molar-refractivity contribution in [2.75, 3.05) is 66.6 Å². The molecule has 3 saturated heterocycles. The number of benzene rings is 8.